The highest BCUT2D eigenvalue weighted by Crippen LogP contribution is 2.38. The summed E-state index contributed by atoms with van der Waals surface area (Å²) in [5.74, 6) is 1.34. The molecule has 0 aliphatic carbocycles. The standard InChI is InChI=1S/C30H33ClN6O2S/c1-4-30(2,3)35-14-7-9-26(38)37-15-12-22-25(17-37)40-29-27(22)28(33-19-34-29)36-20-10-11-24(23(31)16-20)39-18-21-8-5-6-13-32-21/h5-11,13,16,19,35H,4,12,14-15,17-18H2,1-3H3,(H,33,34,36)/b9-7+. The first-order valence-corrected chi connectivity index (χ1v) is 14.6. The van der Waals surface area contributed by atoms with Crippen molar-refractivity contribution in [2.75, 3.05) is 18.4 Å². The number of amides is 1. The van der Waals surface area contributed by atoms with Crippen LogP contribution in [0.1, 0.15) is 43.3 Å². The zero-order valence-corrected chi connectivity index (χ0v) is 24.5. The van der Waals surface area contributed by atoms with Gasteiger partial charge in [0.1, 0.15) is 29.3 Å². The Bertz CT molecular complexity index is 1520. The normalized spacial score (nSPS) is 13.6. The lowest BCUT2D eigenvalue weighted by molar-refractivity contribution is -0.126. The molecule has 1 amide bonds. The molecule has 8 nitrogen and oxygen atoms in total. The lowest BCUT2D eigenvalue weighted by atomic mass is 10.0. The van der Waals surface area contributed by atoms with Gasteiger partial charge in [-0.3, -0.25) is 9.78 Å². The Labute approximate surface area is 243 Å². The predicted molar refractivity (Wildman–Crippen MR) is 161 cm³/mol. The van der Waals surface area contributed by atoms with Gasteiger partial charge in [-0.2, -0.15) is 0 Å². The maximum absolute atomic E-state index is 12.9. The molecule has 3 aromatic heterocycles. The van der Waals surface area contributed by atoms with Crippen molar-refractivity contribution >= 4 is 50.6 Å². The number of anilines is 2. The van der Waals surface area contributed by atoms with Gasteiger partial charge >= 0.3 is 0 Å². The molecule has 0 atom stereocenters. The zero-order chi connectivity index (χ0) is 28.1. The molecule has 0 bridgehead atoms. The van der Waals surface area contributed by atoms with Crippen LogP contribution in [0.15, 0.2) is 61.1 Å². The number of aromatic nitrogens is 3. The molecule has 10 heteroatoms. The smallest absolute Gasteiger partial charge is 0.246 e. The first kappa shape index (κ1) is 28.0. The SMILES string of the molecule is CCC(C)(C)NC/C=C/C(=O)N1CCc2c(sc3ncnc(Nc4ccc(OCc5ccccn5)c(Cl)c4)c23)C1. The minimum Gasteiger partial charge on any atom is -0.486 e. The summed E-state index contributed by atoms with van der Waals surface area (Å²) < 4.78 is 5.85. The van der Waals surface area contributed by atoms with Crippen LogP contribution in [0.5, 0.6) is 5.75 Å². The Balaban J connectivity index is 1.26. The summed E-state index contributed by atoms with van der Waals surface area (Å²) in [7, 11) is 0. The molecule has 40 heavy (non-hydrogen) atoms. The van der Waals surface area contributed by atoms with Gasteiger partial charge in [0.25, 0.3) is 0 Å². The number of ether oxygens (including phenoxy) is 1. The number of hydrogen-bond donors (Lipinski definition) is 2. The number of carbonyl (C=O) groups excluding carboxylic acids is 1. The molecule has 208 valence electrons. The lowest BCUT2D eigenvalue weighted by Crippen LogP contribution is -2.38. The number of pyridine rings is 1. The molecule has 5 rings (SSSR count). The molecular formula is C30H33ClN6O2S. The van der Waals surface area contributed by atoms with Crippen molar-refractivity contribution in [3.8, 4) is 5.75 Å². The van der Waals surface area contributed by atoms with Crippen LogP contribution in [0.3, 0.4) is 0 Å². The van der Waals surface area contributed by atoms with Gasteiger partial charge in [-0.25, -0.2) is 9.97 Å². The fourth-order valence-electron chi connectivity index (χ4n) is 4.40. The third-order valence-corrected chi connectivity index (χ3v) is 8.51. The summed E-state index contributed by atoms with van der Waals surface area (Å²) in [5, 5.41) is 8.36. The van der Waals surface area contributed by atoms with E-state index in [9.17, 15) is 4.79 Å². The van der Waals surface area contributed by atoms with Crippen molar-refractivity contribution in [2.45, 2.75) is 52.3 Å². The first-order valence-electron chi connectivity index (χ1n) is 13.4. The van der Waals surface area contributed by atoms with Gasteiger partial charge in [-0.15, -0.1) is 11.3 Å². The van der Waals surface area contributed by atoms with Crippen molar-refractivity contribution in [3.05, 3.63) is 82.2 Å². The summed E-state index contributed by atoms with van der Waals surface area (Å²) in [6.07, 6.45) is 8.66. The van der Waals surface area contributed by atoms with Crippen LogP contribution in [0.2, 0.25) is 5.02 Å². The molecule has 2 N–H and O–H groups in total. The molecule has 0 unspecified atom stereocenters. The fourth-order valence-corrected chi connectivity index (χ4v) is 5.84. The monoisotopic (exact) mass is 576 g/mol. The van der Waals surface area contributed by atoms with Crippen LogP contribution in [0, 0.1) is 0 Å². The van der Waals surface area contributed by atoms with E-state index < -0.39 is 0 Å². The zero-order valence-electron chi connectivity index (χ0n) is 22.9. The van der Waals surface area contributed by atoms with Gasteiger partial charge < -0.3 is 20.3 Å². The minimum absolute atomic E-state index is 0.0311. The van der Waals surface area contributed by atoms with Gasteiger partial charge in [-0.1, -0.05) is 30.7 Å². The number of thiophene rings is 1. The number of nitrogens with zero attached hydrogens (tertiary/aromatic N) is 4. The first-order chi connectivity index (χ1) is 19.3. The molecule has 0 spiro atoms. The van der Waals surface area contributed by atoms with Crippen molar-refractivity contribution in [1.82, 2.24) is 25.2 Å². The van der Waals surface area contributed by atoms with Gasteiger partial charge in [-0.05, 0) is 62.6 Å². The summed E-state index contributed by atoms with van der Waals surface area (Å²) in [6, 6.07) is 11.3. The van der Waals surface area contributed by atoms with Crippen LogP contribution >= 0.6 is 22.9 Å². The lowest BCUT2D eigenvalue weighted by Gasteiger charge is -2.26. The highest BCUT2D eigenvalue weighted by atomic mass is 35.5. The summed E-state index contributed by atoms with van der Waals surface area (Å²) in [5.41, 5.74) is 2.88. The average molecular weight is 577 g/mol. The van der Waals surface area contributed by atoms with E-state index in [1.54, 1.807) is 29.9 Å². The third kappa shape index (κ3) is 6.60. The van der Waals surface area contributed by atoms with Crippen LogP contribution in [-0.4, -0.2) is 44.4 Å². The maximum Gasteiger partial charge on any atom is 0.246 e. The van der Waals surface area contributed by atoms with Gasteiger partial charge in [0.05, 0.1) is 22.6 Å². The van der Waals surface area contributed by atoms with Gasteiger partial charge in [0.2, 0.25) is 5.91 Å². The molecule has 0 fully saturated rings. The molecular weight excluding hydrogens is 544 g/mol. The topological polar surface area (TPSA) is 92.3 Å². The second-order valence-corrected chi connectivity index (χ2v) is 11.8. The Morgan fingerprint density at radius 1 is 1.23 bits per heavy atom. The molecule has 4 heterocycles. The van der Waals surface area contributed by atoms with E-state index in [-0.39, 0.29) is 11.4 Å². The van der Waals surface area contributed by atoms with Crippen LogP contribution < -0.4 is 15.4 Å². The Morgan fingerprint density at radius 2 is 2.10 bits per heavy atom. The number of benzene rings is 1. The largest absolute Gasteiger partial charge is 0.486 e. The second-order valence-electron chi connectivity index (χ2n) is 10.3. The maximum atomic E-state index is 12.9. The molecule has 1 aliphatic heterocycles. The minimum atomic E-state index is 0.0311. The van der Waals surface area contributed by atoms with Crippen molar-refractivity contribution < 1.29 is 9.53 Å². The van der Waals surface area contributed by atoms with E-state index in [4.69, 9.17) is 16.3 Å². The Morgan fingerprint density at radius 3 is 2.88 bits per heavy atom. The van der Waals surface area contributed by atoms with E-state index in [0.717, 1.165) is 45.1 Å². The molecule has 4 aromatic rings. The second kappa shape index (κ2) is 12.3. The van der Waals surface area contributed by atoms with Gasteiger partial charge in [0, 0.05) is 41.5 Å². The number of halogens is 1. The van der Waals surface area contributed by atoms with Gasteiger partial charge in [0.15, 0.2) is 0 Å². The number of nitrogens with one attached hydrogen (secondary N) is 2. The summed E-state index contributed by atoms with van der Waals surface area (Å²) in [4.78, 5) is 30.1. The number of fused-ring (bicyclic) bond motifs is 3. The summed E-state index contributed by atoms with van der Waals surface area (Å²) >= 11 is 8.15. The Kier molecular flexibility index (Phi) is 8.63. The Hall–Kier alpha value is -3.53. The van der Waals surface area contributed by atoms with E-state index >= 15 is 0 Å². The molecule has 1 aliphatic rings. The number of hydrogen-bond acceptors (Lipinski definition) is 8. The van der Waals surface area contributed by atoms with Crippen molar-refractivity contribution in [2.24, 2.45) is 0 Å². The fraction of sp³-hybridized carbons (Fsp3) is 0.333. The van der Waals surface area contributed by atoms with Crippen molar-refractivity contribution in [3.63, 3.8) is 0 Å². The van der Waals surface area contributed by atoms with E-state index in [0.29, 0.717) is 37.0 Å². The molecule has 1 aromatic carbocycles. The average Bonchev–Trinajstić information content (AvgIpc) is 3.34. The van der Waals surface area contributed by atoms with E-state index in [1.807, 2.05) is 47.4 Å². The third-order valence-electron chi connectivity index (χ3n) is 7.09. The number of carbonyl (C=O) groups is 1. The quantitative estimate of drug-likeness (QED) is 0.215. The van der Waals surface area contributed by atoms with Crippen molar-refractivity contribution in [1.29, 1.82) is 0 Å². The summed E-state index contributed by atoms with van der Waals surface area (Å²) in [6.45, 7) is 8.69. The highest BCUT2D eigenvalue weighted by molar-refractivity contribution is 7.19. The van der Waals surface area contributed by atoms with Crippen LogP contribution in [0.4, 0.5) is 11.5 Å². The van der Waals surface area contributed by atoms with E-state index in [2.05, 4.69) is 46.4 Å². The van der Waals surface area contributed by atoms with E-state index in [1.165, 1.54) is 5.56 Å². The molecule has 0 saturated heterocycles. The number of rotatable bonds is 10. The highest BCUT2D eigenvalue weighted by Gasteiger charge is 2.25. The molecule has 0 radical (unpaired) electrons. The molecule has 0 saturated carbocycles. The van der Waals surface area contributed by atoms with Crippen LogP contribution in [-0.2, 0) is 24.4 Å². The predicted octanol–water partition coefficient (Wildman–Crippen LogP) is 6.28. The van der Waals surface area contributed by atoms with Crippen LogP contribution in [0.25, 0.3) is 10.2 Å².